The molecule has 5 nitrogen and oxygen atoms in total. The predicted molar refractivity (Wildman–Crippen MR) is 91.0 cm³/mol. The number of carbonyl (C=O) groups excluding carboxylic acids is 2. The van der Waals surface area contributed by atoms with Crippen LogP contribution in [0.2, 0.25) is 5.02 Å². The van der Waals surface area contributed by atoms with Crippen LogP contribution in [0, 0.1) is 5.82 Å². The number of carbonyl (C=O) groups is 2. The van der Waals surface area contributed by atoms with Gasteiger partial charge in [-0.15, -0.1) is 0 Å². The number of esters is 1. The van der Waals surface area contributed by atoms with Gasteiger partial charge in [-0.2, -0.15) is 0 Å². The number of hydrogen-bond donors (Lipinski definition) is 1. The SMILES string of the molecule is COC(=O)c1ccc(Cl)c(NC(=O)COc2ccc(F)cc2Br)c1. The molecule has 0 aliphatic heterocycles. The van der Waals surface area contributed by atoms with Crippen molar-refractivity contribution < 1.29 is 23.5 Å². The van der Waals surface area contributed by atoms with Gasteiger partial charge in [-0.05, 0) is 52.3 Å². The summed E-state index contributed by atoms with van der Waals surface area (Å²) >= 11 is 9.13. The van der Waals surface area contributed by atoms with Crippen molar-refractivity contribution in [2.45, 2.75) is 0 Å². The van der Waals surface area contributed by atoms with E-state index in [0.29, 0.717) is 10.2 Å². The first-order chi connectivity index (χ1) is 11.4. The van der Waals surface area contributed by atoms with Crippen molar-refractivity contribution in [2.75, 3.05) is 19.0 Å². The number of methoxy groups -OCH3 is 1. The average Bonchev–Trinajstić information content (AvgIpc) is 2.55. The molecule has 0 atom stereocenters. The van der Waals surface area contributed by atoms with Crippen molar-refractivity contribution in [2.24, 2.45) is 0 Å². The van der Waals surface area contributed by atoms with E-state index in [0.717, 1.165) is 0 Å². The third-order valence-electron chi connectivity index (χ3n) is 2.91. The first-order valence-electron chi connectivity index (χ1n) is 6.66. The average molecular weight is 417 g/mol. The lowest BCUT2D eigenvalue weighted by atomic mass is 10.2. The molecule has 24 heavy (non-hydrogen) atoms. The summed E-state index contributed by atoms with van der Waals surface area (Å²) in [5.74, 6) is -1.14. The Balaban J connectivity index is 2.03. The third kappa shape index (κ3) is 4.69. The number of rotatable bonds is 5. The third-order valence-corrected chi connectivity index (χ3v) is 3.86. The van der Waals surface area contributed by atoms with Gasteiger partial charge in [0.25, 0.3) is 5.91 Å². The van der Waals surface area contributed by atoms with Crippen LogP contribution in [0.4, 0.5) is 10.1 Å². The number of hydrogen-bond acceptors (Lipinski definition) is 4. The Morgan fingerprint density at radius 3 is 2.67 bits per heavy atom. The molecule has 0 fully saturated rings. The number of anilines is 1. The maximum Gasteiger partial charge on any atom is 0.337 e. The van der Waals surface area contributed by atoms with Gasteiger partial charge in [-0.3, -0.25) is 4.79 Å². The summed E-state index contributed by atoms with van der Waals surface area (Å²) in [5.41, 5.74) is 0.505. The van der Waals surface area contributed by atoms with E-state index in [2.05, 4.69) is 26.0 Å². The highest BCUT2D eigenvalue weighted by Crippen LogP contribution is 2.26. The molecule has 0 spiro atoms. The molecule has 0 aliphatic rings. The Hall–Kier alpha value is -2.12. The minimum absolute atomic E-state index is 0.249. The summed E-state index contributed by atoms with van der Waals surface area (Å²) in [6.45, 7) is -0.316. The van der Waals surface area contributed by atoms with Crippen LogP contribution in [0.1, 0.15) is 10.4 Å². The molecule has 2 aromatic carbocycles. The van der Waals surface area contributed by atoms with Crippen molar-refractivity contribution in [1.82, 2.24) is 0 Å². The molecule has 0 bridgehead atoms. The van der Waals surface area contributed by atoms with Gasteiger partial charge in [0, 0.05) is 0 Å². The second-order valence-corrected chi connectivity index (χ2v) is 5.86. The van der Waals surface area contributed by atoms with Crippen molar-refractivity contribution >= 4 is 45.1 Å². The van der Waals surface area contributed by atoms with Crippen LogP contribution in [0.25, 0.3) is 0 Å². The minimum atomic E-state index is -0.548. The Morgan fingerprint density at radius 1 is 1.25 bits per heavy atom. The van der Waals surface area contributed by atoms with Gasteiger partial charge < -0.3 is 14.8 Å². The van der Waals surface area contributed by atoms with E-state index in [1.54, 1.807) is 0 Å². The van der Waals surface area contributed by atoms with Crippen molar-refractivity contribution in [3.8, 4) is 5.75 Å². The molecule has 8 heteroatoms. The zero-order chi connectivity index (χ0) is 17.7. The zero-order valence-corrected chi connectivity index (χ0v) is 14.8. The maximum atomic E-state index is 13.0. The van der Waals surface area contributed by atoms with E-state index in [-0.39, 0.29) is 22.9 Å². The monoisotopic (exact) mass is 415 g/mol. The molecule has 0 heterocycles. The second-order valence-electron chi connectivity index (χ2n) is 4.60. The number of nitrogens with one attached hydrogen (secondary N) is 1. The van der Waals surface area contributed by atoms with Crippen molar-refractivity contribution in [1.29, 1.82) is 0 Å². The van der Waals surface area contributed by atoms with Crippen LogP contribution in [0.15, 0.2) is 40.9 Å². The van der Waals surface area contributed by atoms with Crippen LogP contribution in [-0.2, 0) is 9.53 Å². The summed E-state index contributed by atoms with van der Waals surface area (Å²) in [6.07, 6.45) is 0. The van der Waals surface area contributed by atoms with Gasteiger partial charge in [0.1, 0.15) is 11.6 Å². The smallest absolute Gasteiger partial charge is 0.337 e. The molecule has 0 saturated heterocycles. The fraction of sp³-hybridized carbons (Fsp3) is 0.125. The Labute approximate surface area is 150 Å². The van der Waals surface area contributed by atoms with Crippen LogP contribution in [0.5, 0.6) is 5.75 Å². The molecular formula is C16H12BrClFNO4. The Morgan fingerprint density at radius 2 is 2.00 bits per heavy atom. The zero-order valence-electron chi connectivity index (χ0n) is 12.4. The number of halogens is 3. The van der Waals surface area contributed by atoms with E-state index < -0.39 is 17.7 Å². The molecule has 0 radical (unpaired) electrons. The van der Waals surface area contributed by atoms with Gasteiger partial charge in [0.15, 0.2) is 6.61 Å². The second kappa shape index (κ2) is 8.12. The molecule has 1 N–H and O–H groups in total. The lowest BCUT2D eigenvalue weighted by Gasteiger charge is -2.11. The van der Waals surface area contributed by atoms with Crippen LogP contribution in [-0.4, -0.2) is 25.6 Å². The number of amides is 1. The highest BCUT2D eigenvalue weighted by molar-refractivity contribution is 9.10. The topological polar surface area (TPSA) is 64.6 Å². The first-order valence-corrected chi connectivity index (χ1v) is 7.83. The van der Waals surface area contributed by atoms with Crippen LogP contribution >= 0.6 is 27.5 Å². The predicted octanol–water partition coefficient (Wildman–Crippen LogP) is 4.05. The summed E-state index contributed by atoms with van der Waals surface area (Å²) < 4.78 is 23.3. The molecule has 2 aromatic rings. The molecule has 126 valence electrons. The fourth-order valence-electron chi connectivity index (χ4n) is 1.79. The summed E-state index contributed by atoms with van der Waals surface area (Å²) in [4.78, 5) is 23.5. The quantitative estimate of drug-likeness (QED) is 0.747. The van der Waals surface area contributed by atoms with E-state index in [1.165, 1.54) is 43.5 Å². The summed E-state index contributed by atoms with van der Waals surface area (Å²) in [5, 5.41) is 2.80. The van der Waals surface area contributed by atoms with Gasteiger partial charge in [0.2, 0.25) is 0 Å². The summed E-state index contributed by atoms with van der Waals surface area (Å²) in [6, 6.07) is 8.20. The Bertz CT molecular complexity index is 785. The van der Waals surface area contributed by atoms with E-state index in [4.69, 9.17) is 16.3 Å². The largest absolute Gasteiger partial charge is 0.483 e. The first kappa shape index (κ1) is 18.2. The van der Waals surface area contributed by atoms with Crippen molar-refractivity contribution in [3.63, 3.8) is 0 Å². The lowest BCUT2D eigenvalue weighted by molar-refractivity contribution is -0.118. The van der Waals surface area contributed by atoms with E-state index >= 15 is 0 Å². The van der Waals surface area contributed by atoms with Gasteiger partial charge in [-0.1, -0.05) is 11.6 Å². The highest BCUT2D eigenvalue weighted by atomic mass is 79.9. The maximum absolute atomic E-state index is 13.0. The molecule has 2 rings (SSSR count). The molecular weight excluding hydrogens is 405 g/mol. The number of ether oxygens (including phenoxy) is 2. The van der Waals surface area contributed by atoms with Crippen molar-refractivity contribution in [3.05, 3.63) is 57.3 Å². The van der Waals surface area contributed by atoms with Gasteiger partial charge in [0.05, 0.1) is 27.9 Å². The van der Waals surface area contributed by atoms with Gasteiger partial charge >= 0.3 is 5.97 Å². The molecule has 0 aliphatic carbocycles. The van der Waals surface area contributed by atoms with E-state index in [1.807, 2.05) is 0 Å². The fourth-order valence-corrected chi connectivity index (χ4v) is 2.42. The van der Waals surface area contributed by atoms with E-state index in [9.17, 15) is 14.0 Å². The van der Waals surface area contributed by atoms with Crippen LogP contribution in [0.3, 0.4) is 0 Å². The van der Waals surface area contributed by atoms with Crippen LogP contribution < -0.4 is 10.1 Å². The normalized spacial score (nSPS) is 10.2. The minimum Gasteiger partial charge on any atom is -0.483 e. The number of benzene rings is 2. The molecule has 0 unspecified atom stereocenters. The Kier molecular flexibility index (Phi) is 6.16. The van der Waals surface area contributed by atoms with Gasteiger partial charge in [-0.25, -0.2) is 9.18 Å². The molecule has 0 saturated carbocycles. The summed E-state index contributed by atoms with van der Waals surface area (Å²) in [7, 11) is 1.25. The standard InChI is InChI=1S/C16H12BrClFNO4/c1-23-16(22)9-2-4-12(18)13(6-9)20-15(21)8-24-14-5-3-10(19)7-11(14)17/h2-7H,8H2,1H3,(H,20,21). The molecule has 0 aromatic heterocycles. The highest BCUT2D eigenvalue weighted by Gasteiger charge is 2.12. The lowest BCUT2D eigenvalue weighted by Crippen LogP contribution is -2.20. The molecule has 1 amide bonds.